The summed E-state index contributed by atoms with van der Waals surface area (Å²) in [7, 11) is 0. The van der Waals surface area contributed by atoms with Crippen LogP contribution in [0.1, 0.15) is 10.4 Å². The van der Waals surface area contributed by atoms with Crippen molar-refractivity contribution in [1.82, 2.24) is 0 Å². The van der Waals surface area contributed by atoms with Crippen molar-refractivity contribution >= 4 is 23.2 Å². The van der Waals surface area contributed by atoms with Crippen LogP contribution in [0.2, 0.25) is 0 Å². The predicted octanol–water partition coefficient (Wildman–Crippen LogP) is 2.55. The fraction of sp³-hybridized carbons (Fsp3) is 0.0667. The molecule has 3 rings (SSSR count). The van der Waals surface area contributed by atoms with Gasteiger partial charge in [-0.15, -0.1) is 0 Å². The van der Waals surface area contributed by atoms with Gasteiger partial charge in [0.15, 0.2) is 6.61 Å². The molecule has 0 unspecified atom stereocenters. The Hall–Kier alpha value is -2.96. The lowest BCUT2D eigenvalue weighted by molar-refractivity contribution is -0.118. The normalized spacial score (nSPS) is 12.9. The van der Waals surface area contributed by atoms with E-state index in [9.17, 15) is 18.4 Å². The van der Waals surface area contributed by atoms with Gasteiger partial charge in [0, 0.05) is 11.6 Å². The van der Waals surface area contributed by atoms with E-state index in [1.54, 1.807) is 0 Å². The molecule has 2 aromatic rings. The first-order valence-electron chi connectivity index (χ1n) is 6.36. The summed E-state index contributed by atoms with van der Waals surface area (Å²) >= 11 is 0. The molecule has 0 saturated carbocycles. The Morgan fingerprint density at radius 1 is 1.18 bits per heavy atom. The fourth-order valence-corrected chi connectivity index (χ4v) is 2.01. The lowest BCUT2D eigenvalue weighted by Crippen LogP contribution is -2.25. The molecular weight excluding hydrogens is 294 g/mol. The minimum Gasteiger partial charge on any atom is -0.482 e. The third-order valence-corrected chi connectivity index (χ3v) is 3.05. The molecule has 5 nitrogen and oxygen atoms in total. The van der Waals surface area contributed by atoms with E-state index in [1.807, 2.05) is 0 Å². The molecule has 7 heteroatoms. The van der Waals surface area contributed by atoms with E-state index in [-0.39, 0.29) is 23.8 Å². The van der Waals surface area contributed by atoms with E-state index in [0.717, 1.165) is 12.1 Å². The molecule has 1 aliphatic heterocycles. The first-order valence-corrected chi connectivity index (χ1v) is 6.36. The number of hydrogen-bond donors (Lipinski definition) is 2. The van der Waals surface area contributed by atoms with E-state index in [2.05, 4.69) is 10.6 Å². The van der Waals surface area contributed by atoms with Crippen molar-refractivity contribution in [2.75, 3.05) is 17.2 Å². The Kier molecular flexibility index (Phi) is 3.46. The first-order chi connectivity index (χ1) is 10.5. The standard InChI is InChI=1S/C15H10F2N2O3/c16-9-2-3-11(10(17)6-9)19-15(21)8-1-4-13-12(5-8)18-14(20)7-22-13/h1-6H,7H2,(H,18,20)(H,19,21). The highest BCUT2D eigenvalue weighted by atomic mass is 19.1. The van der Waals surface area contributed by atoms with Gasteiger partial charge in [-0.1, -0.05) is 0 Å². The second kappa shape index (κ2) is 5.44. The SMILES string of the molecule is O=C1COc2ccc(C(=O)Nc3ccc(F)cc3F)cc2N1. The maximum Gasteiger partial charge on any atom is 0.262 e. The maximum atomic E-state index is 13.5. The van der Waals surface area contributed by atoms with E-state index < -0.39 is 17.5 Å². The third-order valence-electron chi connectivity index (χ3n) is 3.05. The average Bonchev–Trinajstić information content (AvgIpc) is 2.49. The minimum absolute atomic E-state index is 0.0840. The zero-order chi connectivity index (χ0) is 15.7. The molecule has 2 amide bonds. The number of anilines is 2. The smallest absolute Gasteiger partial charge is 0.262 e. The van der Waals surface area contributed by atoms with Gasteiger partial charge in [-0.25, -0.2) is 8.78 Å². The third kappa shape index (κ3) is 2.73. The van der Waals surface area contributed by atoms with E-state index in [0.29, 0.717) is 17.5 Å². The van der Waals surface area contributed by atoms with Gasteiger partial charge in [-0.05, 0) is 30.3 Å². The number of ether oxygens (including phenoxy) is 1. The first kappa shape index (κ1) is 14.0. The molecule has 112 valence electrons. The largest absolute Gasteiger partial charge is 0.482 e. The van der Waals surface area contributed by atoms with Crippen LogP contribution >= 0.6 is 0 Å². The summed E-state index contributed by atoms with van der Waals surface area (Å²) in [5, 5.41) is 4.91. The van der Waals surface area contributed by atoms with Crippen LogP contribution in [0, 0.1) is 11.6 Å². The van der Waals surface area contributed by atoms with Crippen LogP contribution in [0.25, 0.3) is 0 Å². The summed E-state index contributed by atoms with van der Waals surface area (Å²) in [6.45, 7) is -0.0840. The van der Waals surface area contributed by atoms with Crippen LogP contribution in [0.15, 0.2) is 36.4 Å². The monoisotopic (exact) mass is 304 g/mol. The zero-order valence-electron chi connectivity index (χ0n) is 11.2. The van der Waals surface area contributed by atoms with Gasteiger partial charge in [-0.3, -0.25) is 9.59 Å². The van der Waals surface area contributed by atoms with Crippen LogP contribution in [-0.4, -0.2) is 18.4 Å². The van der Waals surface area contributed by atoms with E-state index >= 15 is 0 Å². The van der Waals surface area contributed by atoms with Crippen LogP contribution < -0.4 is 15.4 Å². The van der Waals surface area contributed by atoms with Gasteiger partial charge in [0.05, 0.1) is 11.4 Å². The molecule has 22 heavy (non-hydrogen) atoms. The van der Waals surface area contributed by atoms with Crippen molar-refractivity contribution in [3.63, 3.8) is 0 Å². The molecule has 0 radical (unpaired) electrons. The quantitative estimate of drug-likeness (QED) is 0.896. The Morgan fingerprint density at radius 3 is 2.77 bits per heavy atom. The van der Waals surface area contributed by atoms with Gasteiger partial charge in [0.2, 0.25) is 0 Å². The highest BCUT2D eigenvalue weighted by molar-refractivity contribution is 6.06. The van der Waals surface area contributed by atoms with Crippen molar-refractivity contribution in [1.29, 1.82) is 0 Å². The van der Waals surface area contributed by atoms with Crippen molar-refractivity contribution in [3.8, 4) is 5.75 Å². The van der Waals surface area contributed by atoms with Gasteiger partial charge in [-0.2, -0.15) is 0 Å². The number of halogens is 2. The van der Waals surface area contributed by atoms with Crippen molar-refractivity contribution < 1.29 is 23.1 Å². The predicted molar refractivity (Wildman–Crippen MR) is 74.9 cm³/mol. The molecule has 0 spiro atoms. The van der Waals surface area contributed by atoms with Crippen molar-refractivity contribution in [2.24, 2.45) is 0 Å². The molecule has 2 aromatic carbocycles. The summed E-state index contributed by atoms with van der Waals surface area (Å²) in [6.07, 6.45) is 0. The minimum atomic E-state index is -0.872. The number of benzene rings is 2. The highest BCUT2D eigenvalue weighted by Crippen LogP contribution is 2.28. The van der Waals surface area contributed by atoms with Crippen molar-refractivity contribution in [3.05, 3.63) is 53.6 Å². The van der Waals surface area contributed by atoms with E-state index in [1.165, 1.54) is 18.2 Å². The molecule has 0 atom stereocenters. The van der Waals surface area contributed by atoms with Crippen LogP contribution in [0.5, 0.6) is 5.75 Å². The highest BCUT2D eigenvalue weighted by Gasteiger charge is 2.18. The van der Waals surface area contributed by atoms with Gasteiger partial charge >= 0.3 is 0 Å². The molecule has 0 fully saturated rings. The second-order valence-electron chi connectivity index (χ2n) is 4.63. The summed E-state index contributed by atoms with van der Waals surface area (Å²) in [5.41, 5.74) is 0.432. The summed E-state index contributed by atoms with van der Waals surface area (Å²) in [4.78, 5) is 23.3. The summed E-state index contributed by atoms with van der Waals surface area (Å²) in [6, 6.07) is 7.28. The molecule has 1 heterocycles. The topological polar surface area (TPSA) is 67.4 Å². The Labute approximate surface area is 123 Å². The Balaban J connectivity index is 1.83. The average molecular weight is 304 g/mol. The van der Waals surface area contributed by atoms with Crippen LogP contribution in [0.3, 0.4) is 0 Å². The summed E-state index contributed by atoms with van der Waals surface area (Å²) < 4.78 is 31.5. The molecule has 0 aromatic heterocycles. The molecular formula is C15H10F2N2O3. The lowest BCUT2D eigenvalue weighted by atomic mass is 10.1. The van der Waals surface area contributed by atoms with E-state index in [4.69, 9.17) is 4.74 Å². The number of fused-ring (bicyclic) bond motifs is 1. The molecule has 0 aliphatic carbocycles. The number of hydrogen-bond acceptors (Lipinski definition) is 3. The zero-order valence-corrected chi connectivity index (χ0v) is 11.2. The molecule has 0 saturated heterocycles. The number of amides is 2. The van der Waals surface area contributed by atoms with Crippen molar-refractivity contribution in [2.45, 2.75) is 0 Å². The fourth-order valence-electron chi connectivity index (χ4n) is 2.01. The Morgan fingerprint density at radius 2 is 2.00 bits per heavy atom. The second-order valence-corrected chi connectivity index (χ2v) is 4.63. The molecule has 0 bridgehead atoms. The summed E-state index contributed by atoms with van der Waals surface area (Å²) in [5.74, 6) is -2.07. The molecule has 2 N–H and O–H groups in total. The number of nitrogens with one attached hydrogen (secondary N) is 2. The maximum absolute atomic E-state index is 13.5. The Bertz CT molecular complexity index is 777. The van der Waals surface area contributed by atoms with Gasteiger partial charge < -0.3 is 15.4 Å². The van der Waals surface area contributed by atoms with Crippen LogP contribution in [-0.2, 0) is 4.79 Å². The number of rotatable bonds is 2. The van der Waals surface area contributed by atoms with Gasteiger partial charge in [0.25, 0.3) is 11.8 Å². The van der Waals surface area contributed by atoms with Gasteiger partial charge in [0.1, 0.15) is 17.4 Å². The lowest BCUT2D eigenvalue weighted by Gasteiger charge is -2.18. The molecule has 1 aliphatic rings. The number of carbonyl (C=O) groups excluding carboxylic acids is 2. The number of carbonyl (C=O) groups is 2. The van der Waals surface area contributed by atoms with Crippen LogP contribution in [0.4, 0.5) is 20.2 Å².